The molecule has 0 saturated carbocycles. The lowest BCUT2D eigenvalue weighted by Gasteiger charge is -2.35. The molecule has 1 unspecified atom stereocenters. The topological polar surface area (TPSA) is 104 Å². The van der Waals surface area contributed by atoms with Crippen LogP contribution in [0.15, 0.2) is 54.6 Å². The van der Waals surface area contributed by atoms with E-state index in [1.165, 1.54) is 36.4 Å². The Bertz CT molecular complexity index is 1290. The lowest BCUT2D eigenvalue weighted by atomic mass is 9.86. The van der Waals surface area contributed by atoms with Gasteiger partial charge in [0.2, 0.25) is 5.91 Å². The highest BCUT2D eigenvalue weighted by Gasteiger charge is 2.48. The summed E-state index contributed by atoms with van der Waals surface area (Å²) in [7, 11) is 0. The SMILES string of the molecule is NC(=O)c1ccc(C2(c3c(Cl)cccc3Cl)Nc3ccc(C(=O)O)cc3N2)c(C(F)(F)F)c1. The van der Waals surface area contributed by atoms with Crippen LogP contribution < -0.4 is 16.4 Å². The number of hydrogen-bond donors (Lipinski definition) is 4. The van der Waals surface area contributed by atoms with Crippen LogP contribution in [0.3, 0.4) is 0 Å². The molecule has 3 aromatic rings. The summed E-state index contributed by atoms with van der Waals surface area (Å²) < 4.78 is 42.5. The van der Waals surface area contributed by atoms with E-state index in [1.54, 1.807) is 0 Å². The third kappa shape index (κ3) is 3.83. The van der Waals surface area contributed by atoms with Gasteiger partial charge in [-0.15, -0.1) is 0 Å². The van der Waals surface area contributed by atoms with Crippen LogP contribution in [0.2, 0.25) is 10.0 Å². The molecular formula is C22H14Cl2F3N3O3. The molecule has 0 saturated heterocycles. The van der Waals surface area contributed by atoms with Crippen molar-refractivity contribution < 1.29 is 27.9 Å². The summed E-state index contributed by atoms with van der Waals surface area (Å²) in [6.07, 6.45) is -4.88. The third-order valence-electron chi connectivity index (χ3n) is 5.26. The first-order valence-electron chi connectivity index (χ1n) is 9.34. The Morgan fingerprint density at radius 2 is 1.52 bits per heavy atom. The quantitative estimate of drug-likeness (QED) is 0.379. The largest absolute Gasteiger partial charge is 0.478 e. The summed E-state index contributed by atoms with van der Waals surface area (Å²) in [5.41, 5.74) is 2.06. The Labute approximate surface area is 195 Å². The van der Waals surface area contributed by atoms with Crippen molar-refractivity contribution in [2.45, 2.75) is 11.8 Å². The number of halogens is 5. The first kappa shape index (κ1) is 22.8. The number of carboxylic acid groups (broad SMARTS) is 1. The van der Waals surface area contributed by atoms with E-state index in [9.17, 15) is 27.9 Å². The number of alkyl halides is 3. The number of rotatable bonds is 4. The standard InChI is InChI=1S/C22H14Cl2F3N3O3/c23-14-2-1-3-15(24)18(14)21(29-16-7-5-11(20(32)33)9-17(16)30-21)12-6-4-10(19(28)31)8-13(12)22(25,26)27/h1-9,29-30H,(H2,28,31)(H,32,33). The number of amides is 1. The summed E-state index contributed by atoms with van der Waals surface area (Å²) >= 11 is 12.8. The minimum absolute atomic E-state index is 0.0564. The summed E-state index contributed by atoms with van der Waals surface area (Å²) in [5.74, 6) is -2.24. The molecule has 4 rings (SSSR count). The number of fused-ring (bicyclic) bond motifs is 1. The Kier molecular flexibility index (Phi) is 5.42. The number of carbonyl (C=O) groups excluding carboxylic acids is 1. The van der Waals surface area contributed by atoms with Gasteiger partial charge in [0.15, 0.2) is 5.66 Å². The number of anilines is 2. The predicted octanol–water partition coefficient (Wildman–Crippen LogP) is 5.55. The second-order valence-corrected chi connectivity index (χ2v) is 8.10. The lowest BCUT2D eigenvalue weighted by Crippen LogP contribution is -2.42. The Morgan fingerprint density at radius 1 is 0.909 bits per heavy atom. The number of nitrogens with one attached hydrogen (secondary N) is 2. The molecule has 1 heterocycles. The van der Waals surface area contributed by atoms with E-state index >= 15 is 0 Å². The Hall–Kier alpha value is -3.43. The third-order valence-corrected chi connectivity index (χ3v) is 5.89. The summed E-state index contributed by atoms with van der Waals surface area (Å²) in [5, 5.41) is 15.4. The van der Waals surface area contributed by atoms with E-state index in [0.29, 0.717) is 11.8 Å². The fraction of sp³-hybridized carbons (Fsp3) is 0.0909. The van der Waals surface area contributed by atoms with Crippen molar-refractivity contribution in [3.63, 3.8) is 0 Å². The van der Waals surface area contributed by atoms with Gasteiger partial charge in [0.05, 0.1) is 22.5 Å². The van der Waals surface area contributed by atoms with Gasteiger partial charge in [-0.3, -0.25) is 4.79 Å². The fourth-order valence-electron chi connectivity index (χ4n) is 3.83. The monoisotopic (exact) mass is 495 g/mol. The highest BCUT2D eigenvalue weighted by Crippen LogP contribution is 2.50. The van der Waals surface area contributed by atoms with Gasteiger partial charge >= 0.3 is 12.1 Å². The number of hydrogen-bond acceptors (Lipinski definition) is 4. The average molecular weight is 496 g/mol. The normalized spacial score (nSPS) is 17.1. The maximum absolute atomic E-state index is 14.2. The molecule has 0 aliphatic carbocycles. The molecule has 5 N–H and O–H groups in total. The number of benzene rings is 3. The van der Waals surface area contributed by atoms with Crippen LogP contribution >= 0.6 is 23.2 Å². The maximum Gasteiger partial charge on any atom is 0.416 e. The van der Waals surface area contributed by atoms with E-state index in [0.717, 1.165) is 12.1 Å². The molecule has 1 amide bonds. The van der Waals surface area contributed by atoms with E-state index < -0.39 is 29.3 Å². The van der Waals surface area contributed by atoms with Crippen LogP contribution in [0.4, 0.5) is 24.5 Å². The van der Waals surface area contributed by atoms with Gasteiger partial charge in [-0.25, -0.2) is 4.79 Å². The van der Waals surface area contributed by atoms with E-state index in [-0.39, 0.29) is 38.0 Å². The summed E-state index contributed by atoms with van der Waals surface area (Å²) in [6.45, 7) is 0. The van der Waals surface area contributed by atoms with Crippen molar-refractivity contribution in [1.82, 2.24) is 0 Å². The fourth-order valence-corrected chi connectivity index (χ4v) is 4.52. The number of carboxylic acids is 1. The molecule has 0 bridgehead atoms. The zero-order valence-corrected chi connectivity index (χ0v) is 17.9. The molecule has 0 aromatic heterocycles. The molecule has 0 radical (unpaired) electrons. The zero-order chi connectivity index (χ0) is 24.1. The predicted molar refractivity (Wildman–Crippen MR) is 118 cm³/mol. The molecule has 1 atom stereocenters. The zero-order valence-electron chi connectivity index (χ0n) is 16.4. The lowest BCUT2D eigenvalue weighted by molar-refractivity contribution is -0.138. The van der Waals surface area contributed by atoms with Gasteiger partial charge in [-0.05, 0) is 42.5 Å². The second kappa shape index (κ2) is 7.86. The van der Waals surface area contributed by atoms with Crippen LogP contribution in [0.1, 0.15) is 37.4 Å². The van der Waals surface area contributed by atoms with Gasteiger partial charge in [-0.1, -0.05) is 35.3 Å². The number of carbonyl (C=O) groups is 2. The Morgan fingerprint density at radius 3 is 2.09 bits per heavy atom. The molecule has 170 valence electrons. The van der Waals surface area contributed by atoms with Crippen LogP contribution in [0.5, 0.6) is 0 Å². The second-order valence-electron chi connectivity index (χ2n) is 7.28. The van der Waals surface area contributed by atoms with Crippen LogP contribution in [-0.4, -0.2) is 17.0 Å². The van der Waals surface area contributed by atoms with E-state index in [4.69, 9.17) is 28.9 Å². The smallest absolute Gasteiger partial charge is 0.416 e. The van der Waals surface area contributed by atoms with Crippen LogP contribution in [0.25, 0.3) is 0 Å². The van der Waals surface area contributed by atoms with Gasteiger partial charge in [0.1, 0.15) is 0 Å². The molecule has 0 fully saturated rings. The minimum Gasteiger partial charge on any atom is -0.478 e. The molecule has 3 aromatic carbocycles. The number of aromatic carboxylic acids is 1. The average Bonchev–Trinajstić information content (AvgIpc) is 3.11. The Balaban J connectivity index is 2.05. The first-order chi connectivity index (χ1) is 15.4. The molecule has 1 aliphatic heterocycles. The number of nitrogens with two attached hydrogens (primary N) is 1. The maximum atomic E-state index is 14.2. The number of primary amides is 1. The first-order valence-corrected chi connectivity index (χ1v) is 10.1. The van der Waals surface area contributed by atoms with E-state index in [2.05, 4.69) is 10.6 Å². The van der Waals surface area contributed by atoms with Crippen molar-refractivity contribution in [2.75, 3.05) is 10.6 Å². The van der Waals surface area contributed by atoms with Gasteiger partial charge in [0, 0.05) is 26.7 Å². The van der Waals surface area contributed by atoms with Gasteiger partial charge < -0.3 is 21.5 Å². The highest BCUT2D eigenvalue weighted by molar-refractivity contribution is 6.36. The summed E-state index contributed by atoms with van der Waals surface area (Å²) in [4.78, 5) is 23.0. The summed E-state index contributed by atoms with van der Waals surface area (Å²) in [6, 6.07) is 11.4. The van der Waals surface area contributed by atoms with Crippen molar-refractivity contribution in [3.05, 3.63) is 92.5 Å². The van der Waals surface area contributed by atoms with Crippen LogP contribution in [-0.2, 0) is 11.8 Å². The molecule has 0 spiro atoms. The minimum atomic E-state index is -4.88. The van der Waals surface area contributed by atoms with Crippen molar-refractivity contribution >= 4 is 46.5 Å². The van der Waals surface area contributed by atoms with Gasteiger partial charge in [-0.2, -0.15) is 13.2 Å². The van der Waals surface area contributed by atoms with Crippen LogP contribution in [0, 0.1) is 0 Å². The molecular weight excluding hydrogens is 482 g/mol. The molecule has 1 aliphatic rings. The van der Waals surface area contributed by atoms with E-state index in [1.807, 2.05) is 0 Å². The molecule has 6 nitrogen and oxygen atoms in total. The highest BCUT2D eigenvalue weighted by atomic mass is 35.5. The van der Waals surface area contributed by atoms with Crippen molar-refractivity contribution in [3.8, 4) is 0 Å². The van der Waals surface area contributed by atoms with Gasteiger partial charge in [0.25, 0.3) is 0 Å². The molecule has 11 heteroatoms. The molecule has 33 heavy (non-hydrogen) atoms. The van der Waals surface area contributed by atoms with Crippen molar-refractivity contribution in [1.29, 1.82) is 0 Å². The van der Waals surface area contributed by atoms with Crippen molar-refractivity contribution in [2.24, 2.45) is 5.73 Å².